The Morgan fingerprint density at radius 2 is 2.00 bits per heavy atom. The van der Waals surface area contributed by atoms with Crippen molar-refractivity contribution in [3.8, 4) is 11.3 Å². The van der Waals surface area contributed by atoms with Crippen LogP contribution in [0.3, 0.4) is 0 Å². The van der Waals surface area contributed by atoms with Gasteiger partial charge >= 0.3 is 0 Å². The molecule has 1 aliphatic carbocycles. The Hall–Kier alpha value is -2.43. The molecule has 2 aromatic rings. The van der Waals surface area contributed by atoms with Crippen LogP contribution in [0.5, 0.6) is 0 Å². The smallest absolute Gasteiger partial charge is 0.280 e. The Kier molecular flexibility index (Phi) is 2.67. The number of rotatable bonds is 2. The van der Waals surface area contributed by atoms with Crippen LogP contribution in [0.4, 0.5) is 5.69 Å². The maximum absolute atomic E-state index is 12.0. The van der Waals surface area contributed by atoms with Gasteiger partial charge in [0.25, 0.3) is 5.69 Å². The van der Waals surface area contributed by atoms with Crippen LogP contribution in [0.15, 0.2) is 39.5 Å². The summed E-state index contributed by atoms with van der Waals surface area (Å²) >= 11 is 0. The van der Waals surface area contributed by atoms with E-state index in [2.05, 4.69) is 0 Å². The molecule has 5 heteroatoms. The van der Waals surface area contributed by atoms with E-state index in [1.165, 1.54) is 12.1 Å². The van der Waals surface area contributed by atoms with E-state index in [4.69, 9.17) is 4.42 Å². The molecule has 3 rings (SSSR count). The lowest BCUT2D eigenvalue weighted by molar-refractivity contribution is -0.384. The average Bonchev–Trinajstić information content (AvgIpc) is 2.87. The van der Waals surface area contributed by atoms with Crippen LogP contribution < -0.4 is 5.43 Å². The number of benzene rings is 1. The van der Waals surface area contributed by atoms with E-state index < -0.39 is 4.92 Å². The van der Waals surface area contributed by atoms with Gasteiger partial charge in [0.2, 0.25) is 0 Å². The molecule has 0 unspecified atom stereocenters. The SMILES string of the molecule is O=c1cc(-c2ccccc2[N+](=O)[O-])oc2c1CCC2. The third kappa shape index (κ3) is 1.93. The summed E-state index contributed by atoms with van der Waals surface area (Å²) in [5.74, 6) is 0.943. The van der Waals surface area contributed by atoms with Gasteiger partial charge in [0.15, 0.2) is 5.43 Å². The minimum absolute atomic E-state index is 0.0522. The molecule has 0 saturated heterocycles. The molecule has 0 spiro atoms. The molecule has 0 fully saturated rings. The fourth-order valence-corrected chi connectivity index (χ4v) is 2.43. The predicted molar refractivity (Wildman–Crippen MR) is 69.1 cm³/mol. The number of hydrogen-bond donors (Lipinski definition) is 0. The van der Waals surface area contributed by atoms with Gasteiger partial charge in [0, 0.05) is 24.1 Å². The Labute approximate surface area is 108 Å². The molecule has 0 aliphatic heterocycles. The first-order valence-electron chi connectivity index (χ1n) is 6.06. The van der Waals surface area contributed by atoms with Gasteiger partial charge in [-0.2, -0.15) is 0 Å². The van der Waals surface area contributed by atoms with Crippen molar-refractivity contribution in [2.75, 3.05) is 0 Å². The topological polar surface area (TPSA) is 73.3 Å². The average molecular weight is 257 g/mol. The van der Waals surface area contributed by atoms with E-state index in [1.54, 1.807) is 18.2 Å². The van der Waals surface area contributed by atoms with E-state index in [1.807, 2.05) is 0 Å². The van der Waals surface area contributed by atoms with Crippen molar-refractivity contribution in [1.82, 2.24) is 0 Å². The van der Waals surface area contributed by atoms with Crippen molar-refractivity contribution < 1.29 is 9.34 Å². The molecule has 0 N–H and O–H groups in total. The molecule has 0 saturated carbocycles. The largest absolute Gasteiger partial charge is 0.460 e. The Morgan fingerprint density at radius 1 is 1.21 bits per heavy atom. The summed E-state index contributed by atoms with van der Waals surface area (Å²) < 4.78 is 5.67. The lowest BCUT2D eigenvalue weighted by Crippen LogP contribution is -2.07. The Morgan fingerprint density at radius 3 is 2.79 bits per heavy atom. The minimum Gasteiger partial charge on any atom is -0.460 e. The molecule has 5 nitrogen and oxygen atoms in total. The molecule has 0 amide bonds. The van der Waals surface area contributed by atoms with Crippen LogP contribution >= 0.6 is 0 Å². The number of nitrogens with zero attached hydrogens (tertiary/aromatic N) is 1. The molecule has 19 heavy (non-hydrogen) atoms. The minimum atomic E-state index is -0.470. The van der Waals surface area contributed by atoms with Crippen LogP contribution in [0, 0.1) is 10.1 Å². The van der Waals surface area contributed by atoms with Gasteiger partial charge in [-0.05, 0) is 18.9 Å². The summed E-state index contributed by atoms with van der Waals surface area (Å²) in [7, 11) is 0. The molecule has 1 aliphatic rings. The molecule has 0 atom stereocenters. The Bertz CT molecular complexity index is 718. The first kappa shape index (κ1) is 11.6. The summed E-state index contributed by atoms with van der Waals surface area (Å²) in [5, 5.41) is 11.0. The van der Waals surface area contributed by atoms with Crippen molar-refractivity contribution in [2.45, 2.75) is 19.3 Å². The summed E-state index contributed by atoms with van der Waals surface area (Å²) in [5.41, 5.74) is 0.914. The van der Waals surface area contributed by atoms with Gasteiger partial charge in [-0.15, -0.1) is 0 Å². The predicted octanol–water partition coefficient (Wildman–Crippen LogP) is 2.70. The second-order valence-electron chi connectivity index (χ2n) is 4.50. The van der Waals surface area contributed by atoms with E-state index in [9.17, 15) is 14.9 Å². The zero-order chi connectivity index (χ0) is 13.4. The highest BCUT2D eigenvalue weighted by Gasteiger charge is 2.22. The highest BCUT2D eigenvalue weighted by Crippen LogP contribution is 2.31. The lowest BCUT2D eigenvalue weighted by atomic mass is 10.1. The number of nitro benzene ring substituents is 1. The highest BCUT2D eigenvalue weighted by molar-refractivity contribution is 5.69. The lowest BCUT2D eigenvalue weighted by Gasteiger charge is -2.04. The highest BCUT2D eigenvalue weighted by atomic mass is 16.6. The van der Waals surface area contributed by atoms with Gasteiger partial charge in [0.05, 0.1) is 10.5 Å². The van der Waals surface area contributed by atoms with Crippen molar-refractivity contribution in [2.24, 2.45) is 0 Å². The molecule has 0 bridgehead atoms. The first-order chi connectivity index (χ1) is 9.16. The monoisotopic (exact) mass is 257 g/mol. The molecular formula is C14H11NO4. The van der Waals surface area contributed by atoms with E-state index in [0.29, 0.717) is 16.9 Å². The van der Waals surface area contributed by atoms with Crippen molar-refractivity contribution in [3.05, 3.63) is 62.0 Å². The maximum atomic E-state index is 12.0. The third-order valence-corrected chi connectivity index (χ3v) is 3.33. The van der Waals surface area contributed by atoms with Crippen molar-refractivity contribution in [1.29, 1.82) is 0 Å². The van der Waals surface area contributed by atoms with Crippen LogP contribution in [-0.4, -0.2) is 4.92 Å². The van der Waals surface area contributed by atoms with Gasteiger partial charge in [-0.25, -0.2) is 0 Å². The van der Waals surface area contributed by atoms with Gasteiger partial charge in [-0.3, -0.25) is 14.9 Å². The fraction of sp³-hybridized carbons (Fsp3) is 0.214. The normalized spacial score (nSPS) is 13.3. The number of nitro groups is 1. The van der Waals surface area contributed by atoms with Gasteiger partial charge < -0.3 is 4.42 Å². The van der Waals surface area contributed by atoms with Crippen LogP contribution in [0.2, 0.25) is 0 Å². The number of hydrogen-bond acceptors (Lipinski definition) is 4. The first-order valence-corrected chi connectivity index (χ1v) is 6.06. The zero-order valence-electron chi connectivity index (χ0n) is 10.1. The molecular weight excluding hydrogens is 246 g/mol. The summed E-state index contributed by atoms with van der Waals surface area (Å²) in [4.78, 5) is 22.5. The van der Waals surface area contributed by atoms with Crippen LogP contribution in [0.1, 0.15) is 17.7 Å². The van der Waals surface area contributed by atoms with E-state index in [-0.39, 0.29) is 16.9 Å². The van der Waals surface area contributed by atoms with Crippen LogP contribution in [0.25, 0.3) is 11.3 Å². The fourth-order valence-electron chi connectivity index (χ4n) is 2.43. The van der Waals surface area contributed by atoms with Gasteiger partial charge in [-0.1, -0.05) is 12.1 Å². The van der Waals surface area contributed by atoms with Crippen molar-refractivity contribution >= 4 is 5.69 Å². The summed E-state index contributed by atoms with van der Waals surface area (Å²) in [6, 6.07) is 7.63. The van der Waals surface area contributed by atoms with E-state index >= 15 is 0 Å². The number of aryl methyl sites for hydroxylation is 1. The molecule has 1 heterocycles. The summed E-state index contributed by atoms with van der Waals surface area (Å²) in [6.07, 6.45) is 2.35. The molecule has 96 valence electrons. The second-order valence-corrected chi connectivity index (χ2v) is 4.50. The molecule has 1 aromatic heterocycles. The number of fused-ring (bicyclic) bond motifs is 1. The van der Waals surface area contributed by atoms with E-state index in [0.717, 1.165) is 19.3 Å². The third-order valence-electron chi connectivity index (χ3n) is 3.33. The molecule has 1 aromatic carbocycles. The summed E-state index contributed by atoms with van der Waals surface area (Å²) in [6.45, 7) is 0. The van der Waals surface area contributed by atoms with Gasteiger partial charge in [0.1, 0.15) is 11.5 Å². The maximum Gasteiger partial charge on any atom is 0.280 e. The molecule has 0 radical (unpaired) electrons. The second kappa shape index (κ2) is 4.35. The standard InChI is InChI=1S/C14H11NO4/c16-12-8-14(19-13-7-3-5-10(12)13)9-4-1-2-6-11(9)15(17)18/h1-2,4,6,8H,3,5,7H2. The quantitative estimate of drug-likeness (QED) is 0.612. The number of para-hydroxylation sites is 1. The van der Waals surface area contributed by atoms with Crippen LogP contribution in [-0.2, 0) is 12.8 Å². The van der Waals surface area contributed by atoms with Crippen molar-refractivity contribution in [3.63, 3.8) is 0 Å². The zero-order valence-corrected chi connectivity index (χ0v) is 10.1. The Balaban J connectivity index is 2.21.